The molecule has 1 spiro atoms. The Labute approximate surface area is 201 Å². The highest BCUT2D eigenvalue weighted by molar-refractivity contribution is 7.98. The second kappa shape index (κ2) is 10.3. The van der Waals surface area contributed by atoms with Crippen LogP contribution in [-0.2, 0) is 15.2 Å². The van der Waals surface area contributed by atoms with Crippen LogP contribution in [0.2, 0.25) is 0 Å². The van der Waals surface area contributed by atoms with Crippen molar-refractivity contribution in [1.82, 2.24) is 9.97 Å². The SMILES string of the molecule is Fc1cccc(CSc2nc(OC[C@H]3COC4(CCCCC4)O3)cc(-[n+]3ccccc3)n2)c1F. The van der Waals surface area contributed by atoms with E-state index in [2.05, 4.69) is 9.97 Å². The third kappa shape index (κ3) is 5.37. The Bertz CT molecular complexity index is 1130. The number of rotatable bonds is 7. The number of hydrogen-bond donors (Lipinski definition) is 0. The van der Waals surface area contributed by atoms with E-state index in [1.54, 1.807) is 12.1 Å². The predicted molar refractivity (Wildman–Crippen MR) is 122 cm³/mol. The average molecular weight is 487 g/mol. The molecule has 0 unspecified atom stereocenters. The van der Waals surface area contributed by atoms with Gasteiger partial charge in [-0.2, -0.15) is 4.98 Å². The van der Waals surface area contributed by atoms with Crippen molar-refractivity contribution in [2.24, 2.45) is 0 Å². The molecule has 1 atom stereocenters. The summed E-state index contributed by atoms with van der Waals surface area (Å²) in [7, 11) is 0. The Morgan fingerprint density at radius 1 is 1.06 bits per heavy atom. The number of aromatic nitrogens is 3. The number of pyridine rings is 1. The largest absolute Gasteiger partial charge is 0.474 e. The summed E-state index contributed by atoms with van der Waals surface area (Å²) in [4.78, 5) is 9.08. The Balaban J connectivity index is 1.31. The maximum Gasteiger partial charge on any atom is 0.336 e. The molecule has 2 aliphatic rings. The fourth-order valence-corrected chi connectivity index (χ4v) is 5.07. The van der Waals surface area contributed by atoms with E-state index in [-0.39, 0.29) is 17.4 Å². The van der Waals surface area contributed by atoms with Gasteiger partial charge < -0.3 is 14.2 Å². The minimum absolute atomic E-state index is 0.168. The van der Waals surface area contributed by atoms with Gasteiger partial charge in [-0.3, -0.25) is 0 Å². The van der Waals surface area contributed by atoms with E-state index in [0.29, 0.717) is 30.1 Å². The van der Waals surface area contributed by atoms with Gasteiger partial charge in [0, 0.05) is 24.2 Å². The lowest BCUT2D eigenvalue weighted by Crippen LogP contribution is -2.34. The number of nitrogens with zero attached hydrogens (tertiary/aromatic N) is 3. The van der Waals surface area contributed by atoms with Gasteiger partial charge in [-0.05, 0) is 36.0 Å². The highest BCUT2D eigenvalue weighted by Gasteiger charge is 2.42. The van der Waals surface area contributed by atoms with Crippen molar-refractivity contribution in [3.8, 4) is 11.7 Å². The molecule has 1 saturated heterocycles. The summed E-state index contributed by atoms with van der Waals surface area (Å²) < 4.78 is 47.7. The summed E-state index contributed by atoms with van der Waals surface area (Å²) in [5, 5.41) is 0.403. The van der Waals surface area contributed by atoms with Crippen molar-refractivity contribution >= 4 is 11.8 Å². The maximum absolute atomic E-state index is 14.1. The lowest BCUT2D eigenvalue weighted by Gasteiger charge is -2.31. The average Bonchev–Trinajstić information content (AvgIpc) is 3.26. The second-order valence-electron chi connectivity index (χ2n) is 8.46. The molecular weight excluding hydrogens is 460 g/mol. The summed E-state index contributed by atoms with van der Waals surface area (Å²) in [5.74, 6) is -0.995. The Hall–Kier alpha value is -2.62. The number of hydrogen-bond acceptors (Lipinski definition) is 6. The number of halogens is 2. The first-order valence-electron chi connectivity index (χ1n) is 11.5. The minimum atomic E-state index is -0.869. The molecule has 1 aliphatic heterocycles. The van der Waals surface area contributed by atoms with Gasteiger partial charge in [0.15, 0.2) is 17.4 Å². The second-order valence-corrected chi connectivity index (χ2v) is 9.41. The topological polar surface area (TPSA) is 57.4 Å². The monoisotopic (exact) mass is 486 g/mol. The molecule has 0 N–H and O–H groups in total. The van der Waals surface area contributed by atoms with Crippen molar-refractivity contribution in [3.63, 3.8) is 0 Å². The van der Waals surface area contributed by atoms with Crippen LogP contribution >= 0.6 is 11.8 Å². The van der Waals surface area contributed by atoms with Crippen molar-refractivity contribution in [1.29, 1.82) is 0 Å². The molecule has 1 saturated carbocycles. The van der Waals surface area contributed by atoms with Gasteiger partial charge in [0.1, 0.15) is 12.7 Å². The smallest absolute Gasteiger partial charge is 0.336 e. The van der Waals surface area contributed by atoms with Crippen molar-refractivity contribution in [2.45, 2.75) is 54.9 Å². The highest BCUT2D eigenvalue weighted by Crippen LogP contribution is 2.37. The zero-order chi connectivity index (χ0) is 23.4. The number of ether oxygens (including phenoxy) is 3. The molecular formula is C25H26F2N3O3S+. The van der Waals surface area contributed by atoms with E-state index < -0.39 is 17.4 Å². The summed E-state index contributed by atoms with van der Waals surface area (Å²) in [6.45, 7) is 0.798. The molecule has 178 valence electrons. The van der Waals surface area contributed by atoms with Gasteiger partial charge in [-0.1, -0.05) is 36.4 Å². The van der Waals surface area contributed by atoms with Gasteiger partial charge in [0.05, 0.1) is 25.1 Å². The molecule has 3 heterocycles. The molecule has 6 nitrogen and oxygen atoms in total. The van der Waals surface area contributed by atoms with Gasteiger partial charge in [0.2, 0.25) is 5.88 Å². The zero-order valence-corrected chi connectivity index (χ0v) is 19.5. The van der Waals surface area contributed by atoms with E-state index >= 15 is 0 Å². The zero-order valence-electron chi connectivity index (χ0n) is 18.7. The first-order valence-corrected chi connectivity index (χ1v) is 12.4. The quantitative estimate of drug-likeness (QED) is 0.272. The van der Waals surface area contributed by atoms with Crippen LogP contribution in [0.5, 0.6) is 5.88 Å². The third-order valence-corrected chi connectivity index (χ3v) is 6.88. The molecule has 1 aliphatic carbocycles. The Kier molecular flexibility index (Phi) is 7.03. The van der Waals surface area contributed by atoms with Crippen molar-refractivity contribution in [3.05, 3.63) is 72.1 Å². The molecule has 0 amide bonds. The lowest BCUT2D eigenvalue weighted by molar-refractivity contribution is -0.600. The highest BCUT2D eigenvalue weighted by atomic mass is 32.2. The van der Waals surface area contributed by atoms with Gasteiger partial charge in [-0.15, -0.1) is 0 Å². The van der Waals surface area contributed by atoms with Gasteiger partial charge in [0.25, 0.3) is 0 Å². The molecule has 0 radical (unpaired) electrons. The standard InChI is InChI=1S/C25H26F2N3O3S/c26-20-9-7-8-18(23(20)27)17-34-24-28-21(30-12-5-2-6-13-30)14-22(29-24)31-15-19-16-32-25(33-19)10-3-1-4-11-25/h2,5-9,12-14,19H,1,3-4,10-11,15-17H2/q+1/t19-/m0/s1. The van der Waals surface area contributed by atoms with Crippen LogP contribution in [0.15, 0.2) is 60.0 Å². The fraction of sp³-hybridized carbons (Fsp3) is 0.400. The molecule has 2 aromatic heterocycles. The maximum atomic E-state index is 14.1. The molecule has 1 aromatic carbocycles. The first-order chi connectivity index (χ1) is 16.6. The van der Waals surface area contributed by atoms with Crippen molar-refractivity contribution in [2.75, 3.05) is 13.2 Å². The summed E-state index contributed by atoms with van der Waals surface area (Å²) >= 11 is 1.22. The van der Waals surface area contributed by atoms with E-state index in [1.165, 1.54) is 24.2 Å². The van der Waals surface area contributed by atoms with Crippen molar-refractivity contribution < 1.29 is 27.6 Å². The van der Waals surface area contributed by atoms with Gasteiger partial charge in [-0.25, -0.2) is 13.3 Å². The third-order valence-electron chi connectivity index (χ3n) is 5.98. The van der Waals surface area contributed by atoms with Crippen LogP contribution in [0.25, 0.3) is 5.82 Å². The summed E-state index contributed by atoms with van der Waals surface area (Å²) in [5.41, 5.74) is 0.253. The van der Waals surface area contributed by atoms with Gasteiger partial charge >= 0.3 is 11.0 Å². The van der Waals surface area contributed by atoms with E-state index in [1.807, 2.05) is 35.2 Å². The van der Waals surface area contributed by atoms with Crippen LogP contribution in [0, 0.1) is 11.6 Å². The van der Waals surface area contributed by atoms with Crippen LogP contribution < -0.4 is 9.30 Å². The summed E-state index contributed by atoms with van der Waals surface area (Å²) in [6, 6.07) is 11.6. The molecule has 5 rings (SSSR count). The summed E-state index contributed by atoms with van der Waals surface area (Å²) in [6.07, 6.45) is 8.86. The molecule has 0 bridgehead atoms. The number of benzene rings is 1. The number of thioether (sulfide) groups is 1. The molecule has 9 heteroatoms. The normalized spacial score (nSPS) is 19.4. The molecule has 2 fully saturated rings. The Morgan fingerprint density at radius 2 is 1.88 bits per heavy atom. The van der Waals surface area contributed by atoms with Crippen LogP contribution in [-0.4, -0.2) is 35.1 Å². The van der Waals surface area contributed by atoms with E-state index in [9.17, 15) is 8.78 Å². The fourth-order valence-electron chi connectivity index (χ4n) is 4.25. The van der Waals surface area contributed by atoms with Crippen LogP contribution in [0.1, 0.15) is 37.7 Å². The lowest BCUT2D eigenvalue weighted by atomic mass is 9.94. The first kappa shape index (κ1) is 23.1. The van der Waals surface area contributed by atoms with Crippen LogP contribution in [0.3, 0.4) is 0 Å². The minimum Gasteiger partial charge on any atom is -0.474 e. The Morgan fingerprint density at radius 3 is 2.71 bits per heavy atom. The van der Waals surface area contributed by atoms with E-state index in [4.69, 9.17) is 14.2 Å². The van der Waals surface area contributed by atoms with E-state index in [0.717, 1.165) is 31.7 Å². The molecule has 3 aromatic rings. The van der Waals surface area contributed by atoms with Crippen LogP contribution in [0.4, 0.5) is 8.78 Å². The predicted octanol–water partition coefficient (Wildman–Crippen LogP) is 4.78. The molecule has 34 heavy (non-hydrogen) atoms.